The van der Waals surface area contributed by atoms with E-state index in [2.05, 4.69) is 104 Å². The van der Waals surface area contributed by atoms with E-state index in [-0.39, 0.29) is 35.6 Å². The Balaban J connectivity index is 0.000000365. The van der Waals surface area contributed by atoms with Gasteiger partial charge < -0.3 is 14.0 Å². The number of fused-ring (bicyclic) bond motifs is 2. The number of aryl methyl sites for hydroxylation is 1. The van der Waals surface area contributed by atoms with Crippen molar-refractivity contribution in [2.24, 2.45) is 0 Å². The quantitative estimate of drug-likeness (QED) is 0.368. The van der Waals surface area contributed by atoms with Gasteiger partial charge in [0, 0.05) is 11.1 Å². The summed E-state index contributed by atoms with van der Waals surface area (Å²) in [5.41, 5.74) is 6.51. The Morgan fingerprint density at radius 2 is 1.52 bits per heavy atom. The molecule has 0 unspecified atom stereocenters. The summed E-state index contributed by atoms with van der Waals surface area (Å²) in [6.45, 7) is 6.38. The van der Waals surface area contributed by atoms with Gasteiger partial charge in [-0.05, 0) is 24.7 Å². The Morgan fingerprint density at radius 1 is 0.862 bits per heavy atom. The molecule has 5 rings (SSSR count). The van der Waals surface area contributed by atoms with Gasteiger partial charge in [0.1, 0.15) is 0 Å². The molecule has 3 aromatic carbocycles. The molecule has 4 heteroatoms. The van der Waals surface area contributed by atoms with Gasteiger partial charge in [0.05, 0.1) is 5.52 Å². The number of nitrogens with zero attached hydrogens (tertiary/aromatic N) is 1. The van der Waals surface area contributed by atoms with Crippen molar-refractivity contribution in [2.75, 3.05) is 0 Å². The molecule has 0 aliphatic heterocycles. The predicted molar refractivity (Wildman–Crippen MR) is 112 cm³/mol. The molecule has 1 nitrogen and oxygen atoms in total. The number of rotatable bonds is 1. The number of allylic oxidation sites excluding steroid dienone is 4. The van der Waals surface area contributed by atoms with Crippen molar-refractivity contribution >= 4 is 21.7 Å². The number of hydrogen-bond donors (Lipinski definition) is 0. The van der Waals surface area contributed by atoms with Crippen LogP contribution in [0.1, 0.15) is 26.0 Å². The first-order valence-corrected chi connectivity index (χ1v) is 9.11. The maximum atomic E-state index is 3.19. The Kier molecular flexibility index (Phi) is 9.04. The van der Waals surface area contributed by atoms with Gasteiger partial charge in [0.25, 0.3) is 0 Å². The minimum absolute atomic E-state index is 0. The van der Waals surface area contributed by atoms with Crippen LogP contribution in [0.5, 0.6) is 0 Å². The summed E-state index contributed by atoms with van der Waals surface area (Å²) in [4.78, 5) is 0. The van der Waals surface area contributed by atoms with Gasteiger partial charge >= 0.3 is 26.2 Å². The molecule has 0 fully saturated rings. The molecule has 146 valence electrons. The molecule has 0 bridgehead atoms. The van der Waals surface area contributed by atoms with Crippen LogP contribution in [0.15, 0.2) is 84.0 Å². The Labute approximate surface area is 190 Å². The zero-order valence-corrected chi connectivity index (χ0v) is 19.3. The van der Waals surface area contributed by atoms with Crippen LogP contribution in [0.3, 0.4) is 0 Å². The van der Waals surface area contributed by atoms with Crippen LogP contribution in [0.4, 0.5) is 0 Å². The standard InChI is InChI=1S/C18H14N.C7H9.2FH.Zr/c1-13-10-16-8-4-5-9-18(16)19(13)17-11-14-6-2-3-7-15(14)12-17;1-6-4-3-5-7(6)2;;;/h2-12H,1H3;4H,3H2,1-2H3;2*1H;/q2*-1;;;+4/p-2. The molecule has 0 amide bonds. The van der Waals surface area contributed by atoms with Crippen LogP contribution in [0, 0.1) is 13.0 Å². The number of benzene rings is 2. The summed E-state index contributed by atoms with van der Waals surface area (Å²) in [6, 6.07) is 23.8. The predicted octanol–water partition coefficient (Wildman–Crippen LogP) is 0.902. The molecule has 0 atom stereocenters. The number of hydrogen-bond acceptors (Lipinski definition) is 0. The Bertz CT molecular complexity index is 1100. The van der Waals surface area contributed by atoms with Gasteiger partial charge in [-0.2, -0.15) is 6.08 Å². The van der Waals surface area contributed by atoms with Crippen molar-refractivity contribution in [2.45, 2.75) is 27.2 Å². The maximum absolute atomic E-state index is 3.19. The first-order valence-electron chi connectivity index (χ1n) is 9.11. The van der Waals surface area contributed by atoms with Crippen LogP contribution in [-0.4, -0.2) is 4.57 Å². The van der Waals surface area contributed by atoms with E-state index in [4.69, 9.17) is 0 Å². The van der Waals surface area contributed by atoms with Gasteiger partial charge in [-0.15, -0.1) is 54.4 Å². The van der Waals surface area contributed by atoms with E-state index >= 15 is 0 Å². The SMILES string of the molecule is CC1=[C-]CC=C1C.Cc1cc2ccccc2n1-c1cc2ccccc2[cH-]1.[F-].[F-].[Zr+4]. The molecule has 1 aromatic heterocycles. The zero-order valence-electron chi connectivity index (χ0n) is 16.8. The van der Waals surface area contributed by atoms with E-state index in [1.165, 1.54) is 44.2 Å². The summed E-state index contributed by atoms with van der Waals surface area (Å²) in [5, 5.41) is 3.90. The van der Waals surface area contributed by atoms with Crippen LogP contribution in [0.2, 0.25) is 0 Å². The maximum Gasteiger partial charge on any atom is 4.00 e. The molecule has 1 aliphatic rings. The summed E-state index contributed by atoms with van der Waals surface area (Å²) in [6.07, 6.45) is 6.41. The first kappa shape index (κ1) is 24.9. The molecular formula is C25H23F2NZr. The van der Waals surface area contributed by atoms with Crippen molar-refractivity contribution in [1.29, 1.82) is 0 Å². The summed E-state index contributed by atoms with van der Waals surface area (Å²) >= 11 is 0. The monoisotopic (exact) mass is 465 g/mol. The second-order valence-electron chi connectivity index (χ2n) is 6.92. The first-order chi connectivity index (χ1) is 12.6. The second kappa shape index (κ2) is 10.5. The number of halogens is 2. The van der Waals surface area contributed by atoms with Crippen LogP contribution in [0.25, 0.3) is 27.4 Å². The summed E-state index contributed by atoms with van der Waals surface area (Å²) in [7, 11) is 0. The largest absolute Gasteiger partial charge is 4.00 e. The fourth-order valence-electron chi connectivity index (χ4n) is 3.55. The minimum Gasteiger partial charge on any atom is -1.00 e. The molecular weight excluding hydrogens is 444 g/mol. The third-order valence-corrected chi connectivity index (χ3v) is 5.12. The molecule has 29 heavy (non-hydrogen) atoms. The molecule has 4 aromatic rings. The van der Waals surface area contributed by atoms with Gasteiger partial charge in [-0.25, -0.2) is 11.1 Å². The number of aromatic nitrogens is 1. The molecule has 1 heterocycles. The number of para-hydroxylation sites is 1. The van der Waals surface area contributed by atoms with Gasteiger partial charge in [-0.1, -0.05) is 31.2 Å². The van der Waals surface area contributed by atoms with E-state index < -0.39 is 0 Å². The van der Waals surface area contributed by atoms with Crippen molar-refractivity contribution in [1.82, 2.24) is 4.57 Å². The van der Waals surface area contributed by atoms with Crippen LogP contribution >= 0.6 is 0 Å². The van der Waals surface area contributed by atoms with Crippen molar-refractivity contribution < 1.29 is 35.6 Å². The van der Waals surface area contributed by atoms with Crippen LogP contribution < -0.4 is 9.41 Å². The van der Waals surface area contributed by atoms with Gasteiger partial charge in [0.15, 0.2) is 0 Å². The van der Waals surface area contributed by atoms with E-state index in [1.54, 1.807) is 0 Å². The Morgan fingerprint density at radius 3 is 2.10 bits per heavy atom. The van der Waals surface area contributed by atoms with E-state index in [1.807, 2.05) is 0 Å². The fraction of sp³-hybridized carbons (Fsp3) is 0.160. The molecule has 0 saturated carbocycles. The molecule has 0 spiro atoms. The van der Waals surface area contributed by atoms with E-state index in [0.29, 0.717) is 0 Å². The fourth-order valence-corrected chi connectivity index (χ4v) is 3.55. The zero-order chi connectivity index (χ0) is 18.1. The smallest absolute Gasteiger partial charge is 1.00 e. The third kappa shape index (κ3) is 5.05. The second-order valence-corrected chi connectivity index (χ2v) is 6.92. The van der Waals surface area contributed by atoms with Crippen molar-refractivity contribution in [3.05, 3.63) is 95.7 Å². The normalized spacial score (nSPS) is 12.1. The van der Waals surface area contributed by atoms with Crippen molar-refractivity contribution in [3.8, 4) is 5.69 Å². The van der Waals surface area contributed by atoms with Gasteiger partial charge in [-0.3, -0.25) is 6.08 Å². The average Bonchev–Trinajstić information content (AvgIpc) is 3.31. The minimum atomic E-state index is 0. The summed E-state index contributed by atoms with van der Waals surface area (Å²) < 4.78 is 2.33. The van der Waals surface area contributed by atoms with E-state index in [9.17, 15) is 0 Å². The van der Waals surface area contributed by atoms with Crippen LogP contribution in [-0.2, 0) is 26.2 Å². The van der Waals surface area contributed by atoms with Gasteiger partial charge in [0.2, 0.25) is 0 Å². The third-order valence-electron chi connectivity index (χ3n) is 5.12. The molecule has 0 N–H and O–H groups in total. The Hall–Kier alpha value is -2.19. The van der Waals surface area contributed by atoms with E-state index in [0.717, 1.165) is 6.42 Å². The van der Waals surface area contributed by atoms with Crippen molar-refractivity contribution in [3.63, 3.8) is 0 Å². The molecule has 0 saturated heterocycles. The molecule has 0 radical (unpaired) electrons. The summed E-state index contributed by atoms with van der Waals surface area (Å²) in [5.74, 6) is 0. The molecule has 1 aliphatic carbocycles. The average molecular weight is 467 g/mol. The topological polar surface area (TPSA) is 4.93 Å².